The molecule has 0 aromatic rings. The zero-order chi connectivity index (χ0) is 14.0. The van der Waals surface area contributed by atoms with Crippen LogP contribution in [-0.2, 0) is 0 Å². The lowest BCUT2D eigenvalue weighted by atomic mass is 9.71. The van der Waals surface area contributed by atoms with Gasteiger partial charge in [0.15, 0.2) is 0 Å². The summed E-state index contributed by atoms with van der Waals surface area (Å²) in [6, 6.07) is 2.20. The maximum Gasteiger partial charge on any atom is 0.00992 e. The van der Waals surface area contributed by atoms with Crippen molar-refractivity contribution < 1.29 is 0 Å². The summed E-state index contributed by atoms with van der Waals surface area (Å²) in [5, 5.41) is 0. The maximum absolute atomic E-state index is 6.08. The first-order chi connectivity index (χ1) is 9.72. The molecule has 3 saturated carbocycles. The third-order valence-corrected chi connectivity index (χ3v) is 6.72. The number of nitrogens with two attached hydrogens (primary N) is 1. The number of hydrogen-bond acceptors (Lipinski definition) is 2. The van der Waals surface area contributed by atoms with Gasteiger partial charge in [-0.25, -0.2) is 0 Å². The lowest BCUT2D eigenvalue weighted by Gasteiger charge is -2.46. The van der Waals surface area contributed by atoms with E-state index in [2.05, 4.69) is 11.8 Å². The van der Waals surface area contributed by atoms with Gasteiger partial charge in [-0.15, -0.1) is 0 Å². The summed E-state index contributed by atoms with van der Waals surface area (Å²) in [4.78, 5) is 2.85. The molecule has 0 radical (unpaired) electrons. The smallest absolute Gasteiger partial charge is 0.00992 e. The van der Waals surface area contributed by atoms with Crippen molar-refractivity contribution in [3.63, 3.8) is 0 Å². The molecule has 0 bridgehead atoms. The number of hydrogen-bond donors (Lipinski definition) is 1. The van der Waals surface area contributed by atoms with Crippen molar-refractivity contribution in [1.82, 2.24) is 4.90 Å². The van der Waals surface area contributed by atoms with E-state index in [1.54, 1.807) is 0 Å². The lowest BCUT2D eigenvalue weighted by molar-refractivity contribution is 0.0489. The van der Waals surface area contributed by atoms with E-state index in [9.17, 15) is 0 Å². The molecule has 0 aromatic heterocycles. The molecule has 3 fully saturated rings. The van der Waals surface area contributed by atoms with E-state index < -0.39 is 0 Å². The number of nitrogens with zero attached hydrogens (tertiary/aromatic N) is 1. The second kappa shape index (κ2) is 6.36. The first kappa shape index (κ1) is 14.8. The average molecular weight is 278 g/mol. The molecule has 3 rings (SSSR count). The first-order valence-corrected chi connectivity index (χ1v) is 9.24. The Labute approximate surface area is 125 Å². The molecule has 3 aliphatic carbocycles. The van der Waals surface area contributed by atoms with Crippen LogP contribution in [0.4, 0.5) is 0 Å². The van der Waals surface area contributed by atoms with Crippen molar-refractivity contribution in [3.05, 3.63) is 0 Å². The summed E-state index contributed by atoms with van der Waals surface area (Å²) in [5.74, 6) is 0. The summed E-state index contributed by atoms with van der Waals surface area (Å²) >= 11 is 0. The Morgan fingerprint density at radius 3 is 1.95 bits per heavy atom. The third kappa shape index (κ3) is 3.06. The second-order valence-electron chi connectivity index (χ2n) is 7.84. The van der Waals surface area contributed by atoms with Crippen LogP contribution in [0.1, 0.15) is 84.0 Å². The van der Waals surface area contributed by atoms with E-state index in [1.807, 2.05) is 0 Å². The molecule has 2 nitrogen and oxygen atoms in total. The summed E-state index contributed by atoms with van der Waals surface area (Å²) in [7, 11) is 0. The van der Waals surface area contributed by atoms with E-state index in [4.69, 9.17) is 5.73 Å². The highest BCUT2D eigenvalue weighted by Gasteiger charge is 2.39. The monoisotopic (exact) mass is 278 g/mol. The lowest BCUT2D eigenvalue weighted by Crippen LogP contribution is -2.48. The maximum atomic E-state index is 6.08. The number of rotatable bonds is 3. The Bertz CT molecular complexity index is 291. The van der Waals surface area contributed by atoms with Gasteiger partial charge in [-0.2, -0.15) is 0 Å². The molecule has 20 heavy (non-hydrogen) atoms. The van der Waals surface area contributed by atoms with E-state index >= 15 is 0 Å². The molecule has 0 aromatic carbocycles. The molecule has 0 amide bonds. The summed E-state index contributed by atoms with van der Waals surface area (Å²) in [6.07, 6.45) is 17.2. The van der Waals surface area contributed by atoms with Crippen LogP contribution in [-0.4, -0.2) is 29.6 Å². The molecule has 1 spiro atoms. The quantitative estimate of drug-likeness (QED) is 0.843. The zero-order valence-corrected chi connectivity index (χ0v) is 13.4. The molecule has 2 heteroatoms. The van der Waals surface area contributed by atoms with Crippen LogP contribution in [0.15, 0.2) is 0 Å². The fourth-order valence-electron chi connectivity index (χ4n) is 5.42. The molecule has 0 saturated heterocycles. The summed E-state index contributed by atoms with van der Waals surface area (Å²) in [5.41, 5.74) is 6.86. The van der Waals surface area contributed by atoms with Crippen LogP contribution in [0.5, 0.6) is 0 Å². The van der Waals surface area contributed by atoms with Crippen LogP contribution < -0.4 is 5.73 Å². The van der Waals surface area contributed by atoms with Crippen LogP contribution in [0.25, 0.3) is 0 Å². The molecule has 0 atom stereocenters. The predicted molar refractivity (Wildman–Crippen MR) is 85.8 cm³/mol. The van der Waals surface area contributed by atoms with E-state index in [-0.39, 0.29) is 0 Å². The van der Waals surface area contributed by atoms with Gasteiger partial charge in [0.1, 0.15) is 0 Å². The topological polar surface area (TPSA) is 29.3 Å². The van der Waals surface area contributed by atoms with Crippen LogP contribution >= 0.6 is 0 Å². The van der Waals surface area contributed by atoms with E-state index in [1.165, 1.54) is 83.6 Å². The van der Waals surface area contributed by atoms with E-state index in [0.29, 0.717) is 6.04 Å². The fourth-order valence-corrected chi connectivity index (χ4v) is 5.42. The van der Waals surface area contributed by atoms with Crippen LogP contribution in [0.3, 0.4) is 0 Å². The summed E-state index contributed by atoms with van der Waals surface area (Å²) in [6.45, 7) is 3.62. The largest absolute Gasteiger partial charge is 0.328 e. The minimum absolute atomic E-state index is 0.484. The third-order valence-electron chi connectivity index (χ3n) is 6.72. The van der Waals surface area contributed by atoms with Gasteiger partial charge in [0.05, 0.1) is 0 Å². The predicted octanol–water partition coefficient (Wildman–Crippen LogP) is 4.08. The Hall–Kier alpha value is -0.0800. The minimum Gasteiger partial charge on any atom is -0.328 e. The molecular weight excluding hydrogens is 244 g/mol. The van der Waals surface area contributed by atoms with Crippen molar-refractivity contribution in [2.24, 2.45) is 11.1 Å². The van der Waals surface area contributed by atoms with Gasteiger partial charge in [0.25, 0.3) is 0 Å². The van der Waals surface area contributed by atoms with Gasteiger partial charge in [0, 0.05) is 18.1 Å². The average Bonchev–Trinajstić information content (AvgIpc) is 2.92. The Kier molecular flexibility index (Phi) is 4.72. The Balaban J connectivity index is 1.55. The minimum atomic E-state index is 0.484. The zero-order valence-electron chi connectivity index (χ0n) is 13.4. The van der Waals surface area contributed by atoms with Gasteiger partial charge >= 0.3 is 0 Å². The highest BCUT2D eigenvalue weighted by atomic mass is 15.2. The van der Waals surface area contributed by atoms with Gasteiger partial charge < -0.3 is 5.73 Å². The summed E-state index contributed by atoms with van der Waals surface area (Å²) < 4.78 is 0. The van der Waals surface area contributed by atoms with Crippen LogP contribution in [0.2, 0.25) is 0 Å². The SMILES string of the molecule is CCN(C1CCC(N)CC1)C1CCC2(CCCC2)CC1. The molecule has 2 N–H and O–H groups in total. The van der Waals surface area contributed by atoms with Gasteiger partial charge in [0.2, 0.25) is 0 Å². The molecular formula is C18H34N2. The fraction of sp³-hybridized carbons (Fsp3) is 1.00. The molecule has 0 heterocycles. The van der Waals surface area contributed by atoms with Crippen molar-refractivity contribution in [2.45, 2.75) is 102 Å². The molecule has 0 unspecified atom stereocenters. The van der Waals surface area contributed by atoms with Crippen molar-refractivity contribution in [2.75, 3.05) is 6.54 Å². The van der Waals surface area contributed by atoms with E-state index in [0.717, 1.165) is 17.5 Å². The Morgan fingerprint density at radius 1 is 0.850 bits per heavy atom. The first-order valence-electron chi connectivity index (χ1n) is 9.24. The van der Waals surface area contributed by atoms with Gasteiger partial charge in [-0.05, 0) is 76.2 Å². The normalized spacial score (nSPS) is 35.0. The molecule has 0 aliphatic heterocycles. The highest BCUT2D eigenvalue weighted by Crippen LogP contribution is 2.49. The van der Waals surface area contributed by atoms with Gasteiger partial charge in [-0.3, -0.25) is 4.90 Å². The Morgan fingerprint density at radius 2 is 1.40 bits per heavy atom. The van der Waals surface area contributed by atoms with Crippen molar-refractivity contribution >= 4 is 0 Å². The van der Waals surface area contributed by atoms with Crippen molar-refractivity contribution in [3.8, 4) is 0 Å². The molecule has 3 aliphatic rings. The van der Waals surface area contributed by atoms with Crippen molar-refractivity contribution in [1.29, 1.82) is 0 Å². The molecule has 116 valence electrons. The standard InChI is InChI=1S/C18H34N2/c1-2-20(16-7-5-15(19)6-8-16)17-9-13-18(14-10-17)11-3-4-12-18/h15-17H,2-14,19H2,1H3. The van der Waals surface area contributed by atoms with Gasteiger partial charge in [-0.1, -0.05) is 19.8 Å². The van der Waals surface area contributed by atoms with Crippen LogP contribution in [0, 0.1) is 5.41 Å². The second-order valence-corrected chi connectivity index (χ2v) is 7.84. The highest BCUT2D eigenvalue weighted by molar-refractivity contribution is 4.93.